The Balaban J connectivity index is 2.19. The molecule has 4 heteroatoms. The number of unbranched alkanes of at least 4 members (excludes halogenated alkanes) is 1. The van der Waals surface area contributed by atoms with E-state index in [1.165, 1.54) is 0 Å². The lowest BCUT2D eigenvalue weighted by Gasteiger charge is -2.15. The normalized spacial score (nSPS) is 11.0. The van der Waals surface area contributed by atoms with Crippen molar-refractivity contribution < 1.29 is 4.79 Å². The zero-order valence-corrected chi connectivity index (χ0v) is 10.4. The summed E-state index contributed by atoms with van der Waals surface area (Å²) in [5.74, 6) is 1.36. The summed E-state index contributed by atoms with van der Waals surface area (Å²) < 4.78 is 2.03. The molecule has 0 spiro atoms. The average Bonchev–Trinajstić information content (AvgIpc) is 2.59. The van der Waals surface area contributed by atoms with Crippen LogP contribution < -0.4 is 0 Å². The molecular formula is C12H21N3O. The minimum Gasteiger partial charge on any atom is -0.337 e. The van der Waals surface area contributed by atoms with Crippen LogP contribution in [-0.4, -0.2) is 33.8 Å². The van der Waals surface area contributed by atoms with Gasteiger partial charge in [0.25, 0.3) is 0 Å². The highest BCUT2D eigenvalue weighted by atomic mass is 16.1. The van der Waals surface area contributed by atoms with E-state index in [0.717, 1.165) is 31.8 Å². The molecule has 0 aliphatic carbocycles. The fourth-order valence-corrected chi connectivity index (χ4v) is 1.62. The molecule has 0 amide bonds. The Kier molecular flexibility index (Phi) is 5.19. The van der Waals surface area contributed by atoms with E-state index < -0.39 is 0 Å². The van der Waals surface area contributed by atoms with E-state index in [9.17, 15) is 4.79 Å². The third-order valence-corrected chi connectivity index (χ3v) is 2.65. The largest absolute Gasteiger partial charge is 0.337 e. The first kappa shape index (κ1) is 12.9. The molecule has 4 nitrogen and oxygen atoms in total. The summed E-state index contributed by atoms with van der Waals surface area (Å²) in [6, 6.07) is 0. The van der Waals surface area contributed by atoms with E-state index in [-0.39, 0.29) is 5.78 Å². The summed E-state index contributed by atoms with van der Waals surface area (Å²) in [5, 5.41) is 0. The monoisotopic (exact) mass is 223 g/mol. The van der Waals surface area contributed by atoms with Gasteiger partial charge in [0.05, 0.1) is 6.54 Å². The molecule has 1 rings (SSSR count). The topological polar surface area (TPSA) is 38.1 Å². The van der Waals surface area contributed by atoms with Crippen LogP contribution in [0.3, 0.4) is 0 Å². The van der Waals surface area contributed by atoms with Gasteiger partial charge in [-0.3, -0.25) is 4.90 Å². The van der Waals surface area contributed by atoms with Crippen molar-refractivity contribution in [3.8, 4) is 0 Å². The predicted molar refractivity (Wildman–Crippen MR) is 64.1 cm³/mol. The number of Topliss-reactive ketones (excluding diaryl/α,β-unsaturated/α-hetero) is 1. The van der Waals surface area contributed by atoms with Crippen molar-refractivity contribution >= 4 is 5.78 Å². The number of nitrogens with zero attached hydrogens (tertiary/aromatic N) is 3. The second-order valence-electron chi connectivity index (χ2n) is 4.35. The Labute approximate surface area is 97.3 Å². The standard InChI is InChI=1S/C12H21N3O/c1-11(16)6-4-5-8-14(2)10-12-13-7-9-15(12)3/h7,9H,4-6,8,10H2,1-3H3. The Bertz CT molecular complexity index is 333. The molecular weight excluding hydrogens is 202 g/mol. The number of aromatic nitrogens is 2. The van der Waals surface area contributed by atoms with Gasteiger partial charge in [-0.05, 0) is 33.4 Å². The number of rotatable bonds is 7. The van der Waals surface area contributed by atoms with Gasteiger partial charge in [0.15, 0.2) is 0 Å². The van der Waals surface area contributed by atoms with Gasteiger partial charge in [0, 0.05) is 25.9 Å². The number of hydrogen-bond donors (Lipinski definition) is 0. The Morgan fingerprint density at radius 3 is 2.81 bits per heavy atom. The number of aryl methyl sites for hydroxylation is 1. The van der Waals surface area contributed by atoms with Gasteiger partial charge in [-0.2, -0.15) is 0 Å². The van der Waals surface area contributed by atoms with Crippen LogP contribution in [0.15, 0.2) is 12.4 Å². The van der Waals surface area contributed by atoms with Crippen LogP contribution in [0.4, 0.5) is 0 Å². The summed E-state index contributed by atoms with van der Waals surface area (Å²) >= 11 is 0. The summed E-state index contributed by atoms with van der Waals surface area (Å²) in [6.07, 6.45) is 6.54. The molecule has 1 aromatic rings. The third kappa shape index (κ3) is 4.57. The van der Waals surface area contributed by atoms with Crippen LogP contribution in [0.5, 0.6) is 0 Å². The minimum atomic E-state index is 0.284. The number of hydrogen-bond acceptors (Lipinski definition) is 3. The summed E-state index contributed by atoms with van der Waals surface area (Å²) in [5.41, 5.74) is 0. The number of carbonyl (C=O) groups excluding carboxylic acids is 1. The van der Waals surface area contributed by atoms with Gasteiger partial charge >= 0.3 is 0 Å². The lowest BCUT2D eigenvalue weighted by atomic mass is 10.2. The van der Waals surface area contributed by atoms with E-state index in [0.29, 0.717) is 6.42 Å². The third-order valence-electron chi connectivity index (χ3n) is 2.65. The fourth-order valence-electron chi connectivity index (χ4n) is 1.62. The SMILES string of the molecule is CC(=O)CCCCN(C)Cc1nccn1C. The highest BCUT2D eigenvalue weighted by Crippen LogP contribution is 2.02. The Morgan fingerprint density at radius 1 is 1.50 bits per heavy atom. The van der Waals surface area contributed by atoms with Crippen LogP contribution in [0.1, 0.15) is 32.0 Å². The molecule has 16 heavy (non-hydrogen) atoms. The van der Waals surface area contributed by atoms with E-state index >= 15 is 0 Å². The van der Waals surface area contributed by atoms with E-state index in [1.807, 2.05) is 24.0 Å². The van der Waals surface area contributed by atoms with E-state index in [2.05, 4.69) is 16.9 Å². The molecule has 1 heterocycles. The van der Waals surface area contributed by atoms with Gasteiger partial charge in [-0.1, -0.05) is 0 Å². The fraction of sp³-hybridized carbons (Fsp3) is 0.667. The molecule has 0 unspecified atom stereocenters. The average molecular weight is 223 g/mol. The van der Waals surface area contributed by atoms with Crippen LogP contribution >= 0.6 is 0 Å². The van der Waals surface area contributed by atoms with E-state index in [1.54, 1.807) is 6.92 Å². The number of ketones is 1. The maximum atomic E-state index is 10.8. The molecule has 0 saturated carbocycles. The van der Waals surface area contributed by atoms with Gasteiger partial charge in [0.1, 0.15) is 11.6 Å². The molecule has 0 N–H and O–H groups in total. The highest BCUT2D eigenvalue weighted by molar-refractivity contribution is 5.75. The Hall–Kier alpha value is -1.16. The van der Waals surface area contributed by atoms with Crippen LogP contribution in [0, 0.1) is 0 Å². The van der Waals surface area contributed by atoms with Crippen LogP contribution in [-0.2, 0) is 18.4 Å². The van der Waals surface area contributed by atoms with Crippen molar-refractivity contribution in [2.75, 3.05) is 13.6 Å². The van der Waals surface area contributed by atoms with Crippen molar-refractivity contribution in [2.45, 2.75) is 32.7 Å². The lowest BCUT2D eigenvalue weighted by Crippen LogP contribution is -2.21. The van der Waals surface area contributed by atoms with Gasteiger partial charge in [0.2, 0.25) is 0 Å². The lowest BCUT2D eigenvalue weighted by molar-refractivity contribution is -0.117. The van der Waals surface area contributed by atoms with Crippen LogP contribution in [0.2, 0.25) is 0 Å². The van der Waals surface area contributed by atoms with E-state index in [4.69, 9.17) is 0 Å². The second-order valence-corrected chi connectivity index (χ2v) is 4.35. The van der Waals surface area contributed by atoms with Gasteiger partial charge in [-0.25, -0.2) is 4.98 Å². The first-order chi connectivity index (χ1) is 7.59. The van der Waals surface area contributed by atoms with Crippen molar-refractivity contribution in [1.82, 2.24) is 14.5 Å². The summed E-state index contributed by atoms with van der Waals surface area (Å²) in [7, 11) is 4.09. The first-order valence-corrected chi connectivity index (χ1v) is 5.74. The molecule has 0 saturated heterocycles. The molecule has 0 aromatic carbocycles. The molecule has 0 aliphatic rings. The highest BCUT2D eigenvalue weighted by Gasteiger charge is 2.04. The molecule has 90 valence electrons. The Morgan fingerprint density at radius 2 is 2.25 bits per heavy atom. The van der Waals surface area contributed by atoms with Crippen molar-refractivity contribution in [2.24, 2.45) is 7.05 Å². The van der Waals surface area contributed by atoms with Crippen molar-refractivity contribution in [3.05, 3.63) is 18.2 Å². The number of imidazole rings is 1. The van der Waals surface area contributed by atoms with Gasteiger partial charge in [-0.15, -0.1) is 0 Å². The summed E-state index contributed by atoms with van der Waals surface area (Å²) in [6.45, 7) is 3.53. The first-order valence-electron chi connectivity index (χ1n) is 5.74. The molecule has 0 atom stereocenters. The van der Waals surface area contributed by atoms with Crippen LogP contribution in [0.25, 0.3) is 0 Å². The molecule has 1 aromatic heterocycles. The molecule has 0 aliphatic heterocycles. The maximum absolute atomic E-state index is 10.8. The van der Waals surface area contributed by atoms with Crippen molar-refractivity contribution in [3.63, 3.8) is 0 Å². The smallest absolute Gasteiger partial charge is 0.129 e. The van der Waals surface area contributed by atoms with Gasteiger partial charge < -0.3 is 9.36 Å². The minimum absolute atomic E-state index is 0.284. The molecule has 0 radical (unpaired) electrons. The molecule has 0 bridgehead atoms. The molecule has 0 fully saturated rings. The maximum Gasteiger partial charge on any atom is 0.129 e. The zero-order chi connectivity index (χ0) is 12.0. The quantitative estimate of drug-likeness (QED) is 0.659. The zero-order valence-electron chi connectivity index (χ0n) is 10.4. The number of carbonyl (C=O) groups is 1. The summed E-state index contributed by atoms with van der Waals surface area (Å²) in [4.78, 5) is 17.3. The predicted octanol–water partition coefficient (Wildman–Crippen LogP) is 1.61. The van der Waals surface area contributed by atoms with Crippen molar-refractivity contribution in [1.29, 1.82) is 0 Å². The second kappa shape index (κ2) is 6.43.